The smallest absolute Gasteiger partial charge is 0.260 e. The van der Waals surface area contributed by atoms with Crippen LogP contribution >= 0.6 is 11.3 Å². The summed E-state index contributed by atoms with van der Waals surface area (Å²) in [5, 5.41) is 0.769. The molecule has 0 aliphatic rings. The Morgan fingerprint density at radius 2 is 1.76 bits per heavy atom. The van der Waals surface area contributed by atoms with Crippen molar-refractivity contribution in [1.82, 2.24) is 9.88 Å². The van der Waals surface area contributed by atoms with Gasteiger partial charge in [0.2, 0.25) is 0 Å². The van der Waals surface area contributed by atoms with E-state index in [1.165, 1.54) is 0 Å². The monoisotopic (exact) mass is 353 g/mol. The number of anilines is 1. The molecule has 1 aromatic heterocycles. The number of nitrogens with zero attached hydrogens (tertiary/aromatic N) is 3. The van der Waals surface area contributed by atoms with E-state index in [4.69, 9.17) is 0 Å². The molecule has 0 saturated heterocycles. The Balaban J connectivity index is 1.90. The first kappa shape index (κ1) is 17.6. The minimum atomic E-state index is 0.0119. The van der Waals surface area contributed by atoms with Gasteiger partial charge in [-0.25, -0.2) is 4.98 Å². The maximum absolute atomic E-state index is 13.1. The Morgan fingerprint density at radius 1 is 1.04 bits per heavy atom. The highest BCUT2D eigenvalue weighted by molar-refractivity contribution is 7.22. The van der Waals surface area contributed by atoms with Crippen LogP contribution in [0.5, 0.6) is 0 Å². The van der Waals surface area contributed by atoms with Gasteiger partial charge < -0.3 is 4.90 Å². The molecule has 3 rings (SSSR count). The van der Waals surface area contributed by atoms with Crippen molar-refractivity contribution < 1.29 is 4.79 Å². The number of amides is 1. The van der Waals surface area contributed by atoms with Crippen molar-refractivity contribution in [3.63, 3.8) is 0 Å². The van der Waals surface area contributed by atoms with E-state index in [1.807, 2.05) is 74.4 Å². The van der Waals surface area contributed by atoms with Crippen LogP contribution in [-0.4, -0.2) is 43.0 Å². The van der Waals surface area contributed by atoms with E-state index in [2.05, 4.69) is 9.88 Å². The summed E-state index contributed by atoms with van der Waals surface area (Å²) in [4.78, 5) is 21.7. The summed E-state index contributed by atoms with van der Waals surface area (Å²) in [6, 6.07) is 15.8. The summed E-state index contributed by atoms with van der Waals surface area (Å²) in [7, 11) is 4.09. The third kappa shape index (κ3) is 4.24. The summed E-state index contributed by atoms with van der Waals surface area (Å²) in [5.41, 5.74) is 2.79. The standard InChI is InChI=1S/C20H23N3OS/c1-15-9-11-16(12-10-15)19(24)23(14-6-13-22(2)3)20-21-17-7-4-5-8-18(17)25-20/h4-5,7-12H,6,13-14H2,1-3H3. The summed E-state index contributed by atoms with van der Waals surface area (Å²) >= 11 is 1.57. The fraction of sp³-hybridized carbons (Fsp3) is 0.300. The number of rotatable bonds is 6. The second-order valence-electron chi connectivity index (χ2n) is 6.44. The second kappa shape index (κ2) is 7.76. The molecule has 2 aromatic carbocycles. The number of aryl methyl sites for hydroxylation is 1. The van der Waals surface area contributed by atoms with Crippen LogP contribution in [0.2, 0.25) is 0 Å². The average Bonchev–Trinajstić information content (AvgIpc) is 3.02. The van der Waals surface area contributed by atoms with Crippen LogP contribution in [0.4, 0.5) is 5.13 Å². The topological polar surface area (TPSA) is 36.4 Å². The lowest BCUT2D eigenvalue weighted by Gasteiger charge is -2.21. The number of hydrogen-bond donors (Lipinski definition) is 0. The van der Waals surface area contributed by atoms with E-state index in [0.717, 1.165) is 33.9 Å². The van der Waals surface area contributed by atoms with Gasteiger partial charge in [-0.2, -0.15) is 0 Å². The molecule has 0 N–H and O–H groups in total. The van der Waals surface area contributed by atoms with Crippen LogP contribution in [0, 0.1) is 6.92 Å². The normalized spacial score (nSPS) is 11.2. The molecule has 0 spiro atoms. The first-order chi connectivity index (χ1) is 12.0. The molecule has 1 amide bonds. The Morgan fingerprint density at radius 3 is 2.44 bits per heavy atom. The van der Waals surface area contributed by atoms with E-state index in [9.17, 15) is 4.79 Å². The molecular weight excluding hydrogens is 330 g/mol. The molecule has 0 radical (unpaired) electrons. The van der Waals surface area contributed by atoms with Crippen LogP contribution in [0.1, 0.15) is 22.3 Å². The lowest BCUT2D eigenvalue weighted by molar-refractivity contribution is 0.0986. The highest BCUT2D eigenvalue weighted by atomic mass is 32.1. The van der Waals surface area contributed by atoms with Crippen molar-refractivity contribution in [2.24, 2.45) is 0 Å². The van der Waals surface area contributed by atoms with Crippen molar-refractivity contribution in [2.75, 3.05) is 32.1 Å². The van der Waals surface area contributed by atoms with Gasteiger partial charge in [0, 0.05) is 12.1 Å². The van der Waals surface area contributed by atoms with Gasteiger partial charge in [0.05, 0.1) is 10.2 Å². The number of benzene rings is 2. The van der Waals surface area contributed by atoms with Crippen LogP contribution in [0.15, 0.2) is 48.5 Å². The van der Waals surface area contributed by atoms with Gasteiger partial charge in [-0.1, -0.05) is 41.2 Å². The average molecular weight is 353 g/mol. The molecule has 4 nitrogen and oxygen atoms in total. The van der Waals surface area contributed by atoms with Gasteiger partial charge in [-0.3, -0.25) is 9.69 Å². The Hall–Kier alpha value is -2.24. The molecule has 3 aromatic rings. The third-order valence-corrected chi connectivity index (χ3v) is 5.10. The number of aromatic nitrogens is 1. The molecule has 0 unspecified atom stereocenters. The van der Waals surface area contributed by atoms with Crippen LogP contribution in [0.3, 0.4) is 0 Å². The molecule has 5 heteroatoms. The van der Waals surface area contributed by atoms with Crippen molar-refractivity contribution in [3.8, 4) is 0 Å². The van der Waals surface area contributed by atoms with Crippen molar-refractivity contribution in [1.29, 1.82) is 0 Å². The fourth-order valence-corrected chi connectivity index (χ4v) is 3.65. The zero-order chi connectivity index (χ0) is 17.8. The molecule has 1 heterocycles. The van der Waals surface area contributed by atoms with E-state index < -0.39 is 0 Å². The number of carbonyl (C=O) groups excluding carboxylic acids is 1. The molecular formula is C20H23N3OS. The molecule has 0 aliphatic heterocycles. The molecule has 0 aliphatic carbocycles. The Bertz CT molecular complexity index is 822. The maximum atomic E-state index is 13.1. The quantitative estimate of drug-likeness (QED) is 0.666. The van der Waals surface area contributed by atoms with E-state index >= 15 is 0 Å². The summed E-state index contributed by atoms with van der Waals surface area (Å²) < 4.78 is 1.10. The zero-order valence-electron chi connectivity index (χ0n) is 14.9. The minimum Gasteiger partial charge on any atom is -0.309 e. The predicted octanol–water partition coefficient (Wildman–Crippen LogP) is 4.20. The van der Waals surface area contributed by atoms with E-state index in [-0.39, 0.29) is 5.91 Å². The van der Waals surface area contributed by atoms with Crippen molar-refractivity contribution >= 4 is 32.6 Å². The van der Waals surface area contributed by atoms with Gasteiger partial charge in [-0.05, 0) is 58.3 Å². The number of hydrogen-bond acceptors (Lipinski definition) is 4. The minimum absolute atomic E-state index is 0.0119. The van der Waals surface area contributed by atoms with Gasteiger partial charge in [0.15, 0.2) is 5.13 Å². The lowest BCUT2D eigenvalue weighted by atomic mass is 10.1. The second-order valence-corrected chi connectivity index (χ2v) is 7.45. The first-order valence-electron chi connectivity index (χ1n) is 8.43. The lowest BCUT2D eigenvalue weighted by Crippen LogP contribution is -2.33. The number of fused-ring (bicyclic) bond motifs is 1. The van der Waals surface area contributed by atoms with Crippen molar-refractivity contribution in [2.45, 2.75) is 13.3 Å². The number of para-hydroxylation sites is 1. The van der Waals surface area contributed by atoms with Crippen molar-refractivity contribution in [3.05, 3.63) is 59.7 Å². The predicted molar refractivity (Wildman–Crippen MR) is 106 cm³/mol. The molecule has 0 atom stereocenters. The molecule has 130 valence electrons. The van der Waals surface area contributed by atoms with E-state index in [1.54, 1.807) is 11.3 Å². The highest BCUT2D eigenvalue weighted by Gasteiger charge is 2.21. The van der Waals surface area contributed by atoms with Crippen LogP contribution in [-0.2, 0) is 0 Å². The summed E-state index contributed by atoms with van der Waals surface area (Å²) in [6.07, 6.45) is 0.903. The molecule has 25 heavy (non-hydrogen) atoms. The molecule has 0 fully saturated rings. The first-order valence-corrected chi connectivity index (χ1v) is 9.25. The maximum Gasteiger partial charge on any atom is 0.260 e. The number of thiazole rings is 1. The molecule has 0 saturated carbocycles. The Labute approximate surface area is 152 Å². The highest BCUT2D eigenvalue weighted by Crippen LogP contribution is 2.29. The van der Waals surface area contributed by atoms with Gasteiger partial charge in [0.25, 0.3) is 5.91 Å². The van der Waals surface area contributed by atoms with Gasteiger partial charge in [0.1, 0.15) is 0 Å². The van der Waals surface area contributed by atoms with Gasteiger partial charge >= 0.3 is 0 Å². The number of carbonyl (C=O) groups is 1. The SMILES string of the molecule is Cc1ccc(C(=O)N(CCCN(C)C)c2nc3ccccc3s2)cc1. The van der Waals surface area contributed by atoms with Gasteiger partial charge in [-0.15, -0.1) is 0 Å². The third-order valence-electron chi connectivity index (χ3n) is 4.04. The molecule has 0 bridgehead atoms. The largest absolute Gasteiger partial charge is 0.309 e. The summed E-state index contributed by atoms with van der Waals surface area (Å²) in [5.74, 6) is 0.0119. The fourth-order valence-electron chi connectivity index (χ4n) is 2.66. The summed E-state index contributed by atoms with van der Waals surface area (Å²) in [6.45, 7) is 3.62. The Kier molecular flexibility index (Phi) is 5.46. The zero-order valence-corrected chi connectivity index (χ0v) is 15.7. The van der Waals surface area contributed by atoms with Crippen LogP contribution < -0.4 is 4.90 Å². The van der Waals surface area contributed by atoms with Crippen LogP contribution in [0.25, 0.3) is 10.2 Å². The van der Waals surface area contributed by atoms with E-state index in [0.29, 0.717) is 12.1 Å².